The van der Waals surface area contributed by atoms with Crippen LogP contribution in [0.3, 0.4) is 0 Å². The minimum atomic E-state index is -0.0825. The van der Waals surface area contributed by atoms with E-state index >= 15 is 0 Å². The number of hydrogen-bond donors (Lipinski definition) is 1. The average Bonchev–Trinajstić information content (AvgIpc) is 2.53. The molecule has 0 unspecified atom stereocenters. The van der Waals surface area contributed by atoms with Gasteiger partial charge in [0.2, 0.25) is 0 Å². The number of carbonyl (C=O) groups is 1. The third-order valence-electron chi connectivity index (χ3n) is 3.78. The molecule has 0 aliphatic rings. The van der Waals surface area contributed by atoms with E-state index in [-0.39, 0.29) is 11.9 Å². The molecule has 0 aromatic heterocycles. The van der Waals surface area contributed by atoms with E-state index in [2.05, 4.69) is 19.2 Å². The van der Waals surface area contributed by atoms with Crippen molar-refractivity contribution in [1.82, 2.24) is 5.32 Å². The minimum Gasteiger partial charge on any atom is -0.496 e. The first-order chi connectivity index (χ1) is 10.5. The van der Waals surface area contributed by atoms with Crippen molar-refractivity contribution >= 4 is 5.91 Å². The Morgan fingerprint density at radius 1 is 1.09 bits per heavy atom. The molecule has 0 saturated heterocycles. The number of aryl methyl sites for hydroxylation is 1. The molecule has 0 aliphatic carbocycles. The van der Waals surface area contributed by atoms with Crippen LogP contribution in [0, 0.1) is 12.8 Å². The summed E-state index contributed by atoms with van der Waals surface area (Å²) < 4.78 is 5.29. The van der Waals surface area contributed by atoms with Crippen LogP contribution in [0.15, 0.2) is 48.5 Å². The summed E-state index contributed by atoms with van der Waals surface area (Å²) in [5.41, 5.74) is 2.75. The molecule has 0 saturated carbocycles. The van der Waals surface area contributed by atoms with Crippen molar-refractivity contribution in [1.29, 1.82) is 0 Å². The van der Waals surface area contributed by atoms with Gasteiger partial charge in [0, 0.05) is 5.56 Å². The molecule has 2 rings (SSSR count). The predicted molar refractivity (Wildman–Crippen MR) is 89.2 cm³/mol. The summed E-state index contributed by atoms with van der Waals surface area (Å²) >= 11 is 0. The molecule has 0 aliphatic heterocycles. The molecule has 3 nitrogen and oxygen atoms in total. The van der Waals surface area contributed by atoms with Gasteiger partial charge in [-0.2, -0.15) is 0 Å². The van der Waals surface area contributed by atoms with Gasteiger partial charge in [0.25, 0.3) is 5.91 Å². The number of carbonyl (C=O) groups excluding carboxylic acids is 1. The number of amides is 1. The first-order valence-electron chi connectivity index (χ1n) is 7.53. The highest BCUT2D eigenvalue weighted by Gasteiger charge is 2.19. The molecule has 0 bridgehead atoms. The zero-order valence-corrected chi connectivity index (χ0v) is 13.6. The van der Waals surface area contributed by atoms with Crippen LogP contribution in [0.2, 0.25) is 0 Å². The third-order valence-corrected chi connectivity index (χ3v) is 3.78. The number of ether oxygens (including phenoxy) is 1. The Morgan fingerprint density at radius 3 is 2.36 bits per heavy atom. The van der Waals surface area contributed by atoms with Crippen LogP contribution >= 0.6 is 0 Å². The third kappa shape index (κ3) is 3.67. The lowest BCUT2D eigenvalue weighted by atomic mass is 9.95. The lowest BCUT2D eigenvalue weighted by Gasteiger charge is -2.23. The van der Waals surface area contributed by atoms with E-state index in [1.54, 1.807) is 13.2 Å². The summed E-state index contributed by atoms with van der Waals surface area (Å²) in [6.45, 7) is 6.17. The molecule has 3 heteroatoms. The van der Waals surface area contributed by atoms with Crippen LogP contribution in [0.4, 0.5) is 0 Å². The fourth-order valence-corrected chi connectivity index (χ4v) is 2.48. The Balaban J connectivity index is 2.22. The lowest BCUT2D eigenvalue weighted by molar-refractivity contribution is 0.0925. The Morgan fingerprint density at radius 2 is 1.77 bits per heavy atom. The summed E-state index contributed by atoms with van der Waals surface area (Å²) in [4.78, 5) is 12.5. The van der Waals surface area contributed by atoms with E-state index in [0.29, 0.717) is 11.5 Å². The van der Waals surface area contributed by atoms with E-state index in [0.717, 1.165) is 16.9 Å². The van der Waals surface area contributed by atoms with Crippen LogP contribution in [0.25, 0.3) is 0 Å². The molecule has 22 heavy (non-hydrogen) atoms. The molecule has 116 valence electrons. The van der Waals surface area contributed by atoms with Crippen molar-refractivity contribution in [3.63, 3.8) is 0 Å². The van der Waals surface area contributed by atoms with Crippen molar-refractivity contribution in [2.24, 2.45) is 5.92 Å². The van der Waals surface area contributed by atoms with Gasteiger partial charge in [-0.3, -0.25) is 4.79 Å². The number of hydrogen-bond acceptors (Lipinski definition) is 2. The predicted octanol–water partition coefficient (Wildman–Crippen LogP) is 4.13. The largest absolute Gasteiger partial charge is 0.496 e. The van der Waals surface area contributed by atoms with E-state index < -0.39 is 0 Å². The number of methoxy groups -OCH3 is 1. The Kier molecular flexibility index (Phi) is 5.21. The molecule has 0 radical (unpaired) electrons. The maximum absolute atomic E-state index is 12.5. The Labute approximate surface area is 132 Å². The molecule has 1 N–H and O–H groups in total. The van der Waals surface area contributed by atoms with Crippen molar-refractivity contribution in [2.45, 2.75) is 26.8 Å². The molecule has 2 aromatic rings. The zero-order valence-electron chi connectivity index (χ0n) is 13.6. The van der Waals surface area contributed by atoms with Crippen LogP contribution in [-0.4, -0.2) is 13.0 Å². The Bertz CT molecular complexity index is 635. The maximum atomic E-state index is 12.5. The number of rotatable bonds is 5. The highest BCUT2D eigenvalue weighted by Crippen LogP contribution is 2.23. The van der Waals surface area contributed by atoms with E-state index in [4.69, 9.17) is 4.74 Å². The molecule has 1 amide bonds. The normalized spacial score (nSPS) is 12.0. The van der Waals surface area contributed by atoms with Gasteiger partial charge < -0.3 is 10.1 Å². The lowest BCUT2D eigenvalue weighted by Crippen LogP contribution is -2.31. The highest BCUT2D eigenvalue weighted by molar-refractivity contribution is 5.95. The summed E-state index contributed by atoms with van der Waals surface area (Å²) in [7, 11) is 1.62. The summed E-state index contributed by atoms with van der Waals surface area (Å²) in [6, 6.07) is 15.6. The fraction of sp³-hybridized carbons (Fsp3) is 0.316. The average molecular weight is 297 g/mol. The van der Waals surface area contributed by atoms with Crippen LogP contribution < -0.4 is 10.1 Å². The minimum absolute atomic E-state index is 0.0130. The summed E-state index contributed by atoms with van der Waals surface area (Å²) in [5, 5.41) is 3.13. The summed E-state index contributed by atoms with van der Waals surface area (Å²) in [6.07, 6.45) is 0. The highest BCUT2D eigenvalue weighted by atomic mass is 16.5. The van der Waals surface area contributed by atoms with Crippen molar-refractivity contribution in [3.8, 4) is 5.75 Å². The van der Waals surface area contributed by atoms with E-state index in [1.807, 2.05) is 49.4 Å². The van der Waals surface area contributed by atoms with Gasteiger partial charge in [-0.25, -0.2) is 0 Å². The van der Waals surface area contributed by atoms with Crippen molar-refractivity contribution in [2.75, 3.05) is 7.11 Å². The number of nitrogens with one attached hydrogen (secondary N) is 1. The second-order valence-electron chi connectivity index (χ2n) is 5.79. The number of benzene rings is 2. The molecular formula is C19H23NO2. The molecular weight excluding hydrogens is 274 g/mol. The topological polar surface area (TPSA) is 38.3 Å². The van der Waals surface area contributed by atoms with Crippen LogP contribution in [0.5, 0.6) is 5.75 Å². The first-order valence-corrected chi connectivity index (χ1v) is 7.53. The first kappa shape index (κ1) is 16.1. The SMILES string of the molecule is COc1cc(C(=O)N[C@@H](c2ccccc2)C(C)C)ccc1C. The van der Waals surface area contributed by atoms with E-state index in [9.17, 15) is 4.79 Å². The zero-order chi connectivity index (χ0) is 16.1. The fourth-order valence-electron chi connectivity index (χ4n) is 2.48. The summed E-state index contributed by atoms with van der Waals surface area (Å²) in [5.74, 6) is 0.952. The van der Waals surface area contributed by atoms with Crippen molar-refractivity contribution in [3.05, 3.63) is 65.2 Å². The molecule has 0 spiro atoms. The smallest absolute Gasteiger partial charge is 0.251 e. The van der Waals surface area contributed by atoms with Gasteiger partial charge in [0.05, 0.1) is 13.2 Å². The second kappa shape index (κ2) is 7.12. The van der Waals surface area contributed by atoms with Gasteiger partial charge in [0.1, 0.15) is 5.75 Å². The van der Waals surface area contributed by atoms with Gasteiger partial charge in [0.15, 0.2) is 0 Å². The van der Waals surface area contributed by atoms with Crippen LogP contribution in [-0.2, 0) is 0 Å². The quantitative estimate of drug-likeness (QED) is 0.901. The molecule has 0 fully saturated rings. The second-order valence-corrected chi connectivity index (χ2v) is 5.79. The maximum Gasteiger partial charge on any atom is 0.251 e. The van der Waals surface area contributed by atoms with Gasteiger partial charge in [-0.15, -0.1) is 0 Å². The van der Waals surface area contributed by atoms with Gasteiger partial charge >= 0.3 is 0 Å². The van der Waals surface area contributed by atoms with Crippen molar-refractivity contribution < 1.29 is 9.53 Å². The molecule has 1 atom stereocenters. The van der Waals surface area contributed by atoms with Crippen LogP contribution in [0.1, 0.15) is 41.4 Å². The van der Waals surface area contributed by atoms with Gasteiger partial charge in [-0.1, -0.05) is 50.2 Å². The monoisotopic (exact) mass is 297 g/mol. The van der Waals surface area contributed by atoms with Gasteiger partial charge in [-0.05, 0) is 36.1 Å². The molecule has 0 heterocycles. The molecule has 2 aromatic carbocycles. The Hall–Kier alpha value is -2.29. The standard InChI is InChI=1S/C19H23NO2/c1-13(2)18(15-8-6-5-7-9-15)20-19(21)16-11-10-14(3)17(12-16)22-4/h5-13,18H,1-4H3,(H,20,21)/t18-/m1/s1. The van der Waals surface area contributed by atoms with E-state index in [1.165, 1.54) is 0 Å².